The highest BCUT2D eigenvalue weighted by Crippen LogP contribution is 2.36. The molecule has 4 rings (SSSR count). The number of anilines is 1. The van der Waals surface area contributed by atoms with Gasteiger partial charge < -0.3 is 14.5 Å². The maximum Gasteiger partial charge on any atom is 0.282 e. The van der Waals surface area contributed by atoms with Crippen molar-refractivity contribution in [2.45, 2.75) is 25.8 Å². The minimum absolute atomic E-state index is 0.217. The summed E-state index contributed by atoms with van der Waals surface area (Å²) in [6.45, 7) is 3.94. The number of ether oxygens (including phenoxy) is 1. The monoisotopic (exact) mass is 419 g/mol. The molecule has 0 spiro atoms. The Morgan fingerprint density at radius 2 is 1.55 bits per heavy atom. The van der Waals surface area contributed by atoms with Crippen LogP contribution in [0, 0.1) is 6.92 Å². The summed E-state index contributed by atoms with van der Waals surface area (Å²) in [4.78, 5) is 32.8. The fourth-order valence-corrected chi connectivity index (χ4v) is 4.36. The molecule has 2 amide bonds. The molecule has 0 unspecified atom stereocenters. The second kappa shape index (κ2) is 8.55. The zero-order chi connectivity index (χ0) is 22.1. The number of aryl methyl sites for hydroxylation is 1. The van der Waals surface area contributed by atoms with Crippen LogP contribution in [-0.4, -0.2) is 62.0 Å². The number of nitrogens with zero attached hydrogens (tertiary/aromatic N) is 3. The molecule has 0 radical (unpaired) electrons. The summed E-state index contributed by atoms with van der Waals surface area (Å²) in [5.41, 5.74) is 3.33. The molecule has 0 N–H and O–H groups in total. The summed E-state index contributed by atoms with van der Waals surface area (Å²) in [6, 6.07) is 15.0. The van der Waals surface area contributed by atoms with E-state index < -0.39 is 0 Å². The lowest BCUT2D eigenvalue weighted by Crippen LogP contribution is -2.43. The molecule has 0 atom stereocenters. The zero-order valence-corrected chi connectivity index (χ0v) is 18.6. The van der Waals surface area contributed by atoms with Gasteiger partial charge in [0.25, 0.3) is 11.8 Å². The van der Waals surface area contributed by atoms with Crippen molar-refractivity contribution in [2.75, 3.05) is 39.2 Å². The van der Waals surface area contributed by atoms with Crippen LogP contribution in [0.4, 0.5) is 5.69 Å². The average Bonchev–Trinajstić information content (AvgIpc) is 3.04. The first-order valence-electron chi connectivity index (χ1n) is 10.7. The van der Waals surface area contributed by atoms with Gasteiger partial charge in [0.1, 0.15) is 11.4 Å². The number of rotatable bonds is 5. The maximum absolute atomic E-state index is 13.6. The fourth-order valence-electron chi connectivity index (χ4n) is 4.36. The number of carbonyl (C=O) groups excluding carboxylic acids is 2. The first-order valence-corrected chi connectivity index (χ1v) is 10.7. The lowest BCUT2D eigenvalue weighted by Gasteiger charge is -2.36. The van der Waals surface area contributed by atoms with Gasteiger partial charge in [0.15, 0.2) is 0 Å². The lowest BCUT2D eigenvalue weighted by molar-refractivity contribution is -0.120. The molecule has 31 heavy (non-hydrogen) atoms. The Morgan fingerprint density at radius 1 is 0.935 bits per heavy atom. The Kier molecular flexibility index (Phi) is 5.83. The number of likely N-dealkylation sites (tertiary alicyclic amines) is 1. The largest absolute Gasteiger partial charge is 0.497 e. The van der Waals surface area contributed by atoms with Gasteiger partial charge in [0.05, 0.1) is 18.4 Å². The molecule has 0 bridgehead atoms. The molecular weight excluding hydrogens is 390 g/mol. The van der Waals surface area contributed by atoms with E-state index in [-0.39, 0.29) is 17.9 Å². The third-order valence-electron chi connectivity index (χ3n) is 6.32. The van der Waals surface area contributed by atoms with E-state index in [9.17, 15) is 9.59 Å². The number of likely N-dealkylation sites (N-methyl/N-ethyl adjacent to an activating group) is 1. The Hall–Kier alpha value is -3.12. The number of imide groups is 1. The highest BCUT2D eigenvalue weighted by molar-refractivity contribution is 6.45. The van der Waals surface area contributed by atoms with Crippen LogP contribution in [0.2, 0.25) is 0 Å². The predicted octanol–water partition coefficient (Wildman–Crippen LogP) is 3.31. The SMILES string of the molecule is COc1ccc(C2=C(N(C)C3CCN(C)CC3)C(=O)N(c3ccc(C)cc3)C2=O)cc1. The number of carbonyl (C=O) groups is 2. The van der Waals surface area contributed by atoms with E-state index >= 15 is 0 Å². The molecule has 2 aromatic rings. The van der Waals surface area contributed by atoms with Gasteiger partial charge in [-0.1, -0.05) is 29.8 Å². The molecule has 1 fully saturated rings. The van der Waals surface area contributed by atoms with Crippen LogP contribution in [0.1, 0.15) is 24.0 Å². The second-order valence-electron chi connectivity index (χ2n) is 8.38. The van der Waals surface area contributed by atoms with Crippen molar-refractivity contribution in [3.63, 3.8) is 0 Å². The van der Waals surface area contributed by atoms with E-state index in [1.165, 1.54) is 4.90 Å². The van der Waals surface area contributed by atoms with Crippen LogP contribution in [0.5, 0.6) is 5.75 Å². The molecule has 6 heteroatoms. The van der Waals surface area contributed by atoms with Gasteiger partial charge in [-0.15, -0.1) is 0 Å². The van der Waals surface area contributed by atoms with Crippen molar-refractivity contribution >= 4 is 23.1 Å². The quantitative estimate of drug-likeness (QED) is 0.696. The van der Waals surface area contributed by atoms with Gasteiger partial charge in [-0.3, -0.25) is 9.59 Å². The van der Waals surface area contributed by atoms with Crippen LogP contribution in [-0.2, 0) is 9.59 Å². The standard InChI is InChI=1S/C25H29N3O3/c1-17-5-9-20(10-6-17)28-24(29)22(18-7-11-21(31-4)12-8-18)23(25(28)30)27(3)19-13-15-26(2)16-14-19/h5-12,19H,13-16H2,1-4H3. The number of amides is 2. The molecule has 6 nitrogen and oxygen atoms in total. The third kappa shape index (κ3) is 3.95. The molecule has 0 aliphatic carbocycles. The summed E-state index contributed by atoms with van der Waals surface area (Å²) >= 11 is 0. The first-order chi connectivity index (χ1) is 14.9. The van der Waals surface area contributed by atoms with E-state index in [4.69, 9.17) is 4.74 Å². The summed E-state index contributed by atoms with van der Waals surface area (Å²) < 4.78 is 5.27. The van der Waals surface area contributed by atoms with E-state index in [1.54, 1.807) is 7.11 Å². The van der Waals surface area contributed by atoms with Crippen LogP contribution >= 0.6 is 0 Å². The second-order valence-corrected chi connectivity index (χ2v) is 8.38. The molecule has 0 aromatic heterocycles. The molecule has 2 aromatic carbocycles. The van der Waals surface area contributed by atoms with Crippen LogP contribution in [0.3, 0.4) is 0 Å². The Balaban J connectivity index is 1.77. The summed E-state index contributed by atoms with van der Waals surface area (Å²) in [5.74, 6) is 0.164. The van der Waals surface area contributed by atoms with Crippen molar-refractivity contribution in [1.82, 2.24) is 9.80 Å². The molecule has 2 aliphatic rings. The molecule has 2 heterocycles. The van der Waals surface area contributed by atoms with Crippen molar-refractivity contribution in [3.8, 4) is 5.75 Å². The average molecular weight is 420 g/mol. The van der Waals surface area contributed by atoms with E-state index in [0.717, 1.165) is 37.1 Å². The number of benzene rings is 2. The number of hydrogen-bond donors (Lipinski definition) is 0. The molecule has 1 saturated heterocycles. The van der Waals surface area contributed by atoms with Gasteiger partial charge >= 0.3 is 0 Å². The summed E-state index contributed by atoms with van der Waals surface area (Å²) in [6.07, 6.45) is 1.91. The minimum Gasteiger partial charge on any atom is -0.497 e. The number of piperidine rings is 1. The molecule has 162 valence electrons. The van der Waals surface area contributed by atoms with Gasteiger partial charge in [-0.2, -0.15) is 0 Å². The fraction of sp³-hybridized carbons (Fsp3) is 0.360. The first kappa shape index (κ1) is 21.1. The molecule has 2 aliphatic heterocycles. The maximum atomic E-state index is 13.6. The predicted molar refractivity (Wildman–Crippen MR) is 122 cm³/mol. The van der Waals surface area contributed by atoms with E-state index in [0.29, 0.717) is 22.7 Å². The molecule has 0 saturated carbocycles. The third-order valence-corrected chi connectivity index (χ3v) is 6.32. The normalized spacial score (nSPS) is 18.1. The van der Waals surface area contributed by atoms with Gasteiger partial charge in [0, 0.05) is 13.1 Å². The minimum atomic E-state index is -0.284. The lowest BCUT2D eigenvalue weighted by atomic mass is 10.00. The van der Waals surface area contributed by atoms with Crippen LogP contribution in [0.15, 0.2) is 54.2 Å². The zero-order valence-electron chi connectivity index (χ0n) is 18.6. The van der Waals surface area contributed by atoms with Gasteiger partial charge in [-0.25, -0.2) is 4.90 Å². The number of methoxy groups -OCH3 is 1. The van der Waals surface area contributed by atoms with Gasteiger partial charge in [-0.05, 0) is 69.7 Å². The summed E-state index contributed by atoms with van der Waals surface area (Å²) in [7, 11) is 5.66. The van der Waals surface area contributed by atoms with E-state index in [2.05, 4.69) is 11.9 Å². The Bertz CT molecular complexity index is 1000. The van der Waals surface area contributed by atoms with Crippen molar-refractivity contribution < 1.29 is 14.3 Å². The highest BCUT2D eigenvalue weighted by atomic mass is 16.5. The van der Waals surface area contributed by atoms with Crippen LogP contribution < -0.4 is 9.64 Å². The van der Waals surface area contributed by atoms with Crippen molar-refractivity contribution in [3.05, 3.63) is 65.4 Å². The summed E-state index contributed by atoms with van der Waals surface area (Å²) in [5, 5.41) is 0. The van der Waals surface area contributed by atoms with E-state index in [1.807, 2.05) is 67.4 Å². The molecular formula is C25H29N3O3. The smallest absolute Gasteiger partial charge is 0.282 e. The number of hydrogen-bond acceptors (Lipinski definition) is 5. The van der Waals surface area contributed by atoms with Crippen molar-refractivity contribution in [2.24, 2.45) is 0 Å². The van der Waals surface area contributed by atoms with Crippen LogP contribution in [0.25, 0.3) is 5.57 Å². The highest BCUT2D eigenvalue weighted by Gasteiger charge is 2.43. The topological polar surface area (TPSA) is 53.1 Å². The Morgan fingerprint density at radius 3 is 2.13 bits per heavy atom. The Labute approximate surface area is 183 Å². The van der Waals surface area contributed by atoms with Gasteiger partial charge in [0.2, 0.25) is 0 Å². The van der Waals surface area contributed by atoms with Crippen molar-refractivity contribution in [1.29, 1.82) is 0 Å².